The number of rotatable bonds is 6. The average Bonchev–Trinajstić information content (AvgIpc) is 3.28. The predicted molar refractivity (Wildman–Crippen MR) is 121 cm³/mol. The number of aromatic hydroxyl groups is 1. The third-order valence-electron chi connectivity index (χ3n) is 6.24. The number of carbonyl (C=O) groups is 2. The number of carbonyl (C=O) groups excluding carboxylic acids is 2. The number of nitrogens with zero attached hydrogens (tertiary/aromatic N) is 1. The van der Waals surface area contributed by atoms with Crippen LogP contribution in [0.5, 0.6) is 5.75 Å². The molecule has 0 aromatic heterocycles. The van der Waals surface area contributed by atoms with Crippen molar-refractivity contribution in [2.75, 3.05) is 42.9 Å². The normalized spacial score (nSPS) is 17.5. The molecule has 0 radical (unpaired) electrons. The predicted octanol–water partition coefficient (Wildman–Crippen LogP) is 1.41. The summed E-state index contributed by atoms with van der Waals surface area (Å²) in [6.45, 7) is 3.53. The lowest BCUT2D eigenvalue weighted by Crippen LogP contribution is -3.15. The standard InChI is InChI=1S/C24H30N4O3/c29-22-12-6-5-11-21(22)28-15-13-27(14-16-28)17-23(30)26-20-10-4-3-9-19(20)24(31)25-18-7-1-2-8-18/h3-6,9-12,18,29H,1-2,7-8,13-17H2,(H,25,31)(H,26,30)/p+1. The van der Waals surface area contributed by atoms with Crippen LogP contribution in [0.4, 0.5) is 11.4 Å². The fourth-order valence-electron chi connectivity index (χ4n) is 4.52. The van der Waals surface area contributed by atoms with Crippen LogP contribution in [-0.4, -0.2) is 55.7 Å². The summed E-state index contributed by atoms with van der Waals surface area (Å²) in [6.07, 6.45) is 4.36. The zero-order valence-corrected chi connectivity index (χ0v) is 17.8. The highest BCUT2D eigenvalue weighted by molar-refractivity contribution is 6.04. The van der Waals surface area contributed by atoms with Crippen LogP contribution in [0, 0.1) is 0 Å². The van der Waals surface area contributed by atoms with Crippen LogP contribution < -0.4 is 20.4 Å². The van der Waals surface area contributed by atoms with E-state index in [1.54, 1.807) is 18.2 Å². The molecule has 0 atom stereocenters. The molecule has 0 bridgehead atoms. The Balaban J connectivity index is 1.30. The summed E-state index contributed by atoms with van der Waals surface area (Å²) in [6, 6.07) is 14.8. The highest BCUT2D eigenvalue weighted by atomic mass is 16.3. The lowest BCUT2D eigenvalue weighted by Gasteiger charge is -2.33. The van der Waals surface area contributed by atoms with Gasteiger partial charge in [-0.15, -0.1) is 0 Å². The monoisotopic (exact) mass is 423 g/mol. The number of benzene rings is 2. The molecular weight excluding hydrogens is 392 g/mol. The lowest BCUT2D eigenvalue weighted by atomic mass is 10.1. The van der Waals surface area contributed by atoms with Crippen molar-refractivity contribution in [2.45, 2.75) is 31.7 Å². The summed E-state index contributed by atoms with van der Waals surface area (Å²) in [4.78, 5) is 28.7. The van der Waals surface area contributed by atoms with Crippen LogP contribution in [0.3, 0.4) is 0 Å². The number of hydrogen-bond acceptors (Lipinski definition) is 4. The molecule has 164 valence electrons. The second-order valence-corrected chi connectivity index (χ2v) is 8.45. The molecule has 0 spiro atoms. The molecule has 1 saturated heterocycles. The third-order valence-corrected chi connectivity index (χ3v) is 6.24. The van der Waals surface area contributed by atoms with Crippen molar-refractivity contribution in [1.29, 1.82) is 0 Å². The van der Waals surface area contributed by atoms with Gasteiger partial charge in [0.05, 0.1) is 43.1 Å². The summed E-state index contributed by atoms with van der Waals surface area (Å²) < 4.78 is 0. The molecule has 31 heavy (non-hydrogen) atoms. The van der Waals surface area contributed by atoms with Crippen LogP contribution in [-0.2, 0) is 4.79 Å². The minimum Gasteiger partial charge on any atom is -0.506 e. The molecule has 4 rings (SSSR count). The third kappa shape index (κ3) is 5.35. The number of quaternary nitrogens is 1. The van der Waals surface area contributed by atoms with Gasteiger partial charge in [0, 0.05) is 6.04 Å². The van der Waals surface area contributed by atoms with Crippen molar-refractivity contribution < 1.29 is 19.6 Å². The Morgan fingerprint density at radius 2 is 1.68 bits per heavy atom. The van der Waals surface area contributed by atoms with E-state index < -0.39 is 0 Å². The van der Waals surface area contributed by atoms with Crippen molar-refractivity contribution in [2.24, 2.45) is 0 Å². The van der Waals surface area contributed by atoms with E-state index in [1.165, 1.54) is 4.90 Å². The van der Waals surface area contributed by atoms with Crippen molar-refractivity contribution in [1.82, 2.24) is 5.32 Å². The van der Waals surface area contributed by atoms with Gasteiger partial charge in [0.1, 0.15) is 5.75 Å². The minimum atomic E-state index is -0.119. The first-order chi connectivity index (χ1) is 15.1. The Morgan fingerprint density at radius 1 is 1.00 bits per heavy atom. The van der Waals surface area contributed by atoms with Gasteiger partial charge >= 0.3 is 0 Å². The number of para-hydroxylation sites is 3. The number of anilines is 2. The van der Waals surface area contributed by atoms with Gasteiger partial charge in [-0.25, -0.2) is 0 Å². The highest BCUT2D eigenvalue weighted by Gasteiger charge is 2.25. The molecule has 4 N–H and O–H groups in total. The van der Waals surface area contributed by atoms with Crippen LogP contribution in [0.1, 0.15) is 36.0 Å². The Bertz CT molecular complexity index is 919. The van der Waals surface area contributed by atoms with Gasteiger partial charge in [-0.05, 0) is 37.1 Å². The zero-order valence-electron chi connectivity index (χ0n) is 17.8. The number of amides is 2. The number of phenolic OH excluding ortho intramolecular Hbond substituents is 1. The molecule has 2 aliphatic rings. The summed E-state index contributed by atoms with van der Waals surface area (Å²) >= 11 is 0. The van der Waals surface area contributed by atoms with Gasteiger partial charge in [0.2, 0.25) is 0 Å². The lowest BCUT2D eigenvalue weighted by molar-refractivity contribution is -0.892. The molecule has 1 aliphatic heterocycles. The van der Waals surface area contributed by atoms with Gasteiger partial charge in [0.15, 0.2) is 6.54 Å². The van der Waals surface area contributed by atoms with Crippen LogP contribution in [0.15, 0.2) is 48.5 Å². The molecule has 7 heteroatoms. The summed E-state index contributed by atoms with van der Waals surface area (Å²) in [5.41, 5.74) is 1.92. The number of hydrogen-bond donors (Lipinski definition) is 4. The molecule has 2 amide bonds. The molecule has 1 heterocycles. The quantitative estimate of drug-likeness (QED) is 0.566. The molecular formula is C24H31N4O3+. The minimum absolute atomic E-state index is 0.0906. The van der Waals surface area contributed by atoms with Crippen molar-refractivity contribution in [3.05, 3.63) is 54.1 Å². The van der Waals surface area contributed by atoms with E-state index >= 15 is 0 Å². The first-order valence-electron chi connectivity index (χ1n) is 11.2. The van der Waals surface area contributed by atoms with E-state index in [-0.39, 0.29) is 23.6 Å². The second kappa shape index (κ2) is 9.83. The Morgan fingerprint density at radius 3 is 2.42 bits per heavy atom. The maximum absolute atomic E-state index is 12.7. The van der Waals surface area contributed by atoms with Gasteiger partial charge in [-0.1, -0.05) is 37.1 Å². The largest absolute Gasteiger partial charge is 0.506 e. The van der Waals surface area contributed by atoms with E-state index in [4.69, 9.17) is 0 Å². The summed E-state index contributed by atoms with van der Waals surface area (Å²) in [7, 11) is 0. The van der Waals surface area contributed by atoms with E-state index in [0.717, 1.165) is 57.5 Å². The van der Waals surface area contributed by atoms with Gasteiger partial charge in [0.25, 0.3) is 11.8 Å². The van der Waals surface area contributed by atoms with Crippen LogP contribution in [0.2, 0.25) is 0 Å². The maximum Gasteiger partial charge on any atom is 0.279 e. The van der Waals surface area contributed by atoms with Crippen molar-refractivity contribution >= 4 is 23.2 Å². The van der Waals surface area contributed by atoms with E-state index in [9.17, 15) is 14.7 Å². The molecule has 7 nitrogen and oxygen atoms in total. The molecule has 2 aromatic rings. The Kier molecular flexibility index (Phi) is 6.72. The van der Waals surface area contributed by atoms with Crippen molar-refractivity contribution in [3.8, 4) is 5.75 Å². The Hall–Kier alpha value is -3.06. The van der Waals surface area contributed by atoms with E-state index in [0.29, 0.717) is 17.8 Å². The summed E-state index contributed by atoms with van der Waals surface area (Å²) in [5.74, 6) is 0.0785. The number of piperazine rings is 1. The SMILES string of the molecule is O=C(C[NH+]1CCN(c2ccccc2O)CC1)Nc1ccccc1C(=O)NC1CCCC1. The molecule has 2 fully saturated rings. The van der Waals surface area contributed by atoms with Gasteiger partial charge < -0.3 is 25.5 Å². The fraction of sp³-hybridized carbons (Fsp3) is 0.417. The molecule has 2 aromatic carbocycles. The Labute approximate surface area is 183 Å². The smallest absolute Gasteiger partial charge is 0.279 e. The van der Waals surface area contributed by atoms with E-state index in [2.05, 4.69) is 15.5 Å². The van der Waals surface area contributed by atoms with E-state index in [1.807, 2.05) is 30.3 Å². The average molecular weight is 424 g/mol. The number of nitrogens with one attached hydrogen (secondary N) is 3. The molecule has 1 saturated carbocycles. The zero-order chi connectivity index (χ0) is 21.6. The fourth-order valence-corrected chi connectivity index (χ4v) is 4.52. The second-order valence-electron chi connectivity index (χ2n) is 8.45. The molecule has 1 aliphatic carbocycles. The van der Waals surface area contributed by atoms with Crippen LogP contribution in [0.25, 0.3) is 0 Å². The maximum atomic E-state index is 12.7. The van der Waals surface area contributed by atoms with Gasteiger partial charge in [-0.3, -0.25) is 9.59 Å². The van der Waals surface area contributed by atoms with Crippen LogP contribution >= 0.6 is 0 Å². The topological polar surface area (TPSA) is 86.1 Å². The number of phenols is 1. The summed E-state index contributed by atoms with van der Waals surface area (Å²) in [5, 5.41) is 16.1. The first kappa shape index (κ1) is 21.2. The first-order valence-corrected chi connectivity index (χ1v) is 11.2. The van der Waals surface area contributed by atoms with Gasteiger partial charge in [-0.2, -0.15) is 0 Å². The highest BCUT2D eigenvalue weighted by Crippen LogP contribution is 2.26. The molecule has 0 unspecified atom stereocenters. The van der Waals surface area contributed by atoms with Crippen molar-refractivity contribution in [3.63, 3.8) is 0 Å².